The van der Waals surface area contributed by atoms with Gasteiger partial charge in [0.2, 0.25) is 10.0 Å². The number of halogens is 1. The highest BCUT2D eigenvalue weighted by molar-refractivity contribution is 14.0. The average Bonchev–Trinajstić information content (AvgIpc) is 3.30. The molecule has 0 aromatic heterocycles. The molecule has 1 aliphatic carbocycles. The summed E-state index contributed by atoms with van der Waals surface area (Å²) < 4.78 is 24.7. The number of nitrogens with one attached hydrogen (secondary N) is 2. The molecule has 0 aromatic carbocycles. The monoisotopic (exact) mass is 485 g/mol. The van der Waals surface area contributed by atoms with Crippen molar-refractivity contribution in [2.45, 2.75) is 44.2 Å². The van der Waals surface area contributed by atoms with E-state index >= 15 is 0 Å². The van der Waals surface area contributed by atoms with Gasteiger partial charge in [0.15, 0.2) is 5.96 Å². The Hall–Kier alpha value is -0.130. The first-order chi connectivity index (χ1) is 11.5. The van der Waals surface area contributed by atoms with Gasteiger partial charge in [-0.1, -0.05) is 0 Å². The van der Waals surface area contributed by atoms with Crippen LogP contribution in [0, 0.1) is 5.92 Å². The van der Waals surface area contributed by atoms with Crippen molar-refractivity contribution in [3.8, 4) is 0 Å². The van der Waals surface area contributed by atoms with Crippen molar-refractivity contribution < 1.29 is 8.42 Å². The molecule has 1 atom stereocenters. The van der Waals surface area contributed by atoms with Gasteiger partial charge in [0.1, 0.15) is 0 Å². The van der Waals surface area contributed by atoms with E-state index in [1.807, 2.05) is 7.05 Å². The molecule has 0 aromatic rings. The highest BCUT2D eigenvalue weighted by Gasteiger charge is 2.34. The van der Waals surface area contributed by atoms with Crippen LogP contribution >= 0.6 is 24.0 Å². The van der Waals surface area contributed by atoms with E-state index in [2.05, 4.69) is 20.5 Å². The predicted octanol–water partition coefficient (Wildman–Crippen LogP) is 0.678. The summed E-state index contributed by atoms with van der Waals surface area (Å²) in [6.07, 6.45) is 7.04. The van der Waals surface area contributed by atoms with E-state index in [-0.39, 0.29) is 24.0 Å². The summed E-state index contributed by atoms with van der Waals surface area (Å²) in [6, 6.07) is 1.33. The predicted molar refractivity (Wildman–Crippen MR) is 112 cm³/mol. The van der Waals surface area contributed by atoms with Crippen LogP contribution in [0.3, 0.4) is 0 Å². The fraction of sp³-hybridized carbons (Fsp3) is 0.938. The van der Waals surface area contributed by atoms with Crippen LogP contribution in [-0.4, -0.2) is 81.7 Å². The summed E-state index contributed by atoms with van der Waals surface area (Å²) in [6.45, 7) is 4.45. The molecule has 0 amide bonds. The summed E-state index contributed by atoms with van der Waals surface area (Å²) in [5, 5.41) is 6.97. The van der Waals surface area contributed by atoms with Gasteiger partial charge >= 0.3 is 0 Å². The SMILES string of the molecule is CN=C(NCC1CCN(S(C)(=O)=O)CC1)NC1CCN(C2CC2)C1.I. The van der Waals surface area contributed by atoms with Crippen LogP contribution in [0.2, 0.25) is 0 Å². The Morgan fingerprint density at radius 2 is 1.80 bits per heavy atom. The lowest BCUT2D eigenvalue weighted by atomic mass is 9.98. The molecule has 1 unspecified atom stereocenters. The van der Waals surface area contributed by atoms with E-state index in [1.165, 1.54) is 32.1 Å². The zero-order valence-corrected chi connectivity index (χ0v) is 18.4. The maximum atomic E-state index is 11.6. The number of rotatable bonds is 5. The van der Waals surface area contributed by atoms with Crippen molar-refractivity contribution >= 4 is 40.0 Å². The second-order valence-electron chi connectivity index (χ2n) is 7.41. The van der Waals surface area contributed by atoms with E-state index in [4.69, 9.17) is 0 Å². The molecule has 146 valence electrons. The molecule has 2 aliphatic heterocycles. The lowest BCUT2D eigenvalue weighted by Crippen LogP contribution is -2.47. The molecule has 9 heteroatoms. The molecule has 3 rings (SSSR count). The first-order valence-corrected chi connectivity index (χ1v) is 11.0. The largest absolute Gasteiger partial charge is 0.356 e. The topological polar surface area (TPSA) is 77.0 Å². The molecule has 7 nitrogen and oxygen atoms in total. The Morgan fingerprint density at radius 3 is 2.36 bits per heavy atom. The summed E-state index contributed by atoms with van der Waals surface area (Å²) in [5.74, 6) is 1.39. The first-order valence-electron chi connectivity index (χ1n) is 9.12. The van der Waals surface area contributed by atoms with E-state index < -0.39 is 10.0 Å². The summed E-state index contributed by atoms with van der Waals surface area (Å²) >= 11 is 0. The van der Waals surface area contributed by atoms with Gasteiger partial charge in [-0.2, -0.15) is 0 Å². The first kappa shape index (κ1) is 21.2. The second kappa shape index (κ2) is 9.18. The number of aliphatic imine (C=N–C) groups is 1. The van der Waals surface area contributed by atoms with Crippen molar-refractivity contribution in [3.05, 3.63) is 0 Å². The molecule has 3 aliphatic rings. The Bertz CT molecular complexity index is 559. The number of likely N-dealkylation sites (tertiary alicyclic amines) is 1. The van der Waals surface area contributed by atoms with Gasteiger partial charge in [0.05, 0.1) is 6.26 Å². The van der Waals surface area contributed by atoms with Crippen LogP contribution in [0.25, 0.3) is 0 Å². The van der Waals surface area contributed by atoms with Gasteiger partial charge in [0.25, 0.3) is 0 Å². The normalized spacial score (nSPS) is 27.1. The van der Waals surface area contributed by atoms with Crippen LogP contribution in [0.5, 0.6) is 0 Å². The van der Waals surface area contributed by atoms with Crippen LogP contribution in [0.1, 0.15) is 32.1 Å². The summed E-state index contributed by atoms with van der Waals surface area (Å²) in [7, 11) is -1.22. The van der Waals surface area contributed by atoms with Gasteiger partial charge in [-0.3, -0.25) is 9.89 Å². The number of nitrogens with zero attached hydrogens (tertiary/aromatic N) is 3. The lowest BCUT2D eigenvalue weighted by molar-refractivity contribution is 0.274. The Balaban J connectivity index is 0.00000225. The number of hydrogen-bond donors (Lipinski definition) is 2. The highest BCUT2D eigenvalue weighted by atomic mass is 127. The molecular weight excluding hydrogens is 453 g/mol. The molecule has 2 heterocycles. The van der Waals surface area contributed by atoms with Crippen molar-refractivity contribution in [1.82, 2.24) is 19.8 Å². The number of sulfonamides is 1. The van der Waals surface area contributed by atoms with Crippen LogP contribution in [-0.2, 0) is 10.0 Å². The Kier molecular flexibility index (Phi) is 7.78. The van der Waals surface area contributed by atoms with Crippen molar-refractivity contribution in [2.75, 3.05) is 46.0 Å². The van der Waals surface area contributed by atoms with Gasteiger partial charge in [-0.15, -0.1) is 24.0 Å². The quantitative estimate of drug-likeness (QED) is 0.340. The summed E-state index contributed by atoms with van der Waals surface area (Å²) in [4.78, 5) is 6.93. The third-order valence-electron chi connectivity index (χ3n) is 5.45. The average molecular weight is 485 g/mol. The van der Waals surface area contributed by atoms with Crippen LogP contribution < -0.4 is 10.6 Å². The molecule has 25 heavy (non-hydrogen) atoms. The van der Waals surface area contributed by atoms with Crippen molar-refractivity contribution in [1.29, 1.82) is 0 Å². The van der Waals surface area contributed by atoms with Gasteiger partial charge in [-0.25, -0.2) is 12.7 Å². The molecule has 2 saturated heterocycles. The third kappa shape index (κ3) is 6.21. The fourth-order valence-electron chi connectivity index (χ4n) is 3.75. The smallest absolute Gasteiger partial charge is 0.211 e. The molecule has 0 radical (unpaired) electrons. The molecular formula is C16H32IN5O2S. The zero-order valence-electron chi connectivity index (χ0n) is 15.3. The minimum atomic E-state index is -3.04. The minimum absolute atomic E-state index is 0. The number of hydrogen-bond acceptors (Lipinski definition) is 4. The van der Waals surface area contributed by atoms with E-state index in [1.54, 1.807) is 4.31 Å². The van der Waals surface area contributed by atoms with Gasteiger partial charge < -0.3 is 10.6 Å². The third-order valence-corrected chi connectivity index (χ3v) is 6.75. The van der Waals surface area contributed by atoms with E-state index in [0.29, 0.717) is 25.0 Å². The number of guanidine groups is 1. The zero-order chi connectivity index (χ0) is 17.2. The van der Waals surface area contributed by atoms with Gasteiger partial charge in [-0.05, 0) is 38.0 Å². The molecule has 1 saturated carbocycles. The maximum Gasteiger partial charge on any atom is 0.211 e. The van der Waals surface area contributed by atoms with Crippen molar-refractivity contribution in [3.63, 3.8) is 0 Å². The van der Waals surface area contributed by atoms with Crippen LogP contribution in [0.4, 0.5) is 0 Å². The summed E-state index contributed by atoms with van der Waals surface area (Å²) in [5.41, 5.74) is 0. The highest BCUT2D eigenvalue weighted by Crippen LogP contribution is 2.29. The molecule has 2 N–H and O–H groups in total. The van der Waals surface area contributed by atoms with E-state index in [9.17, 15) is 8.42 Å². The van der Waals surface area contributed by atoms with Crippen molar-refractivity contribution in [2.24, 2.45) is 10.9 Å². The fourth-order valence-corrected chi connectivity index (χ4v) is 4.62. The van der Waals surface area contributed by atoms with Gasteiger partial charge in [0, 0.05) is 51.9 Å². The second-order valence-corrected chi connectivity index (χ2v) is 9.40. The molecule has 3 fully saturated rings. The maximum absolute atomic E-state index is 11.6. The number of piperidine rings is 1. The Labute approximate surface area is 169 Å². The molecule has 0 bridgehead atoms. The van der Waals surface area contributed by atoms with E-state index in [0.717, 1.165) is 37.9 Å². The lowest BCUT2D eigenvalue weighted by Gasteiger charge is -2.30. The minimum Gasteiger partial charge on any atom is -0.356 e. The molecule has 0 spiro atoms. The Morgan fingerprint density at radius 1 is 1.12 bits per heavy atom. The standard InChI is InChI=1S/C16H31N5O2S.HI/c1-17-16(19-14-7-8-20(12-14)15-3-4-15)18-11-13-5-9-21(10-6-13)24(2,22)23;/h13-15H,3-12H2,1-2H3,(H2,17,18,19);1H. The van der Waals surface area contributed by atoms with Crippen LogP contribution in [0.15, 0.2) is 4.99 Å².